The van der Waals surface area contributed by atoms with Crippen molar-refractivity contribution in [3.8, 4) is 0 Å². The van der Waals surface area contributed by atoms with Gasteiger partial charge in [-0.2, -0.15) is 0 Å². The molecule has 1 heterocycles. The second kappa shape index (κ2) is 4.05. The minimum Gasteiger partial charge on any atom is -0.475 e. The molecule has 0 N–H and O–H groups in total. The SMILES string of the molecule is Cc1ccccc1C1=N[C@@H](C(C)C)CO1. The van der Waals surface area contributed by atoms with Crippen LogP contribution < -0.4 is 0 Å². The van der Waals surface area contributed by atoms with Gasteiger partial charge in [-0.1, -0.05) is 32.0 Å². The van der Waals surface area contributed by atoms with Gasteiger partial charge in [0.05, 0.1) is 6.04 Å². The van der Waals surface area contributed by atoms with Crippen molar-refractivity contribution in [3.63, 3.8) is 0 Å². The van der Waals surface area contributed by atoms with Crippen molar-refractivity contribution >= 4 is 5.90 Å². The third kappa shape index (κ3) is 2.04. The molecule has 2 heteroatoms. The van der Waals surface area contributed by atoms with Crippen molar-refractivity contribution in [2.45, 2.75) is 26.8 Å². The van der Waals surface area contributed by atoms with Crippen molar-refractivity contribution in [2.75, 3.05) is 6.61 Å². The Kier molecular flexibility index (Phi) is 2.76. The number of aryl methyl sites for hydroxylation is 1. The van der Waals surface area contributed by atoms with Gasteiger partial charge in [-0.25, -0.2) is 4.99 Å². The molecule has 0 saturated carbocycles. The molecule has 2 nitrogen and oxygen atoms in total. The summed E-state index contributed by atoms with van der Waals surface area (Å²) in [6.07, 6.45) is 0. The molecule has 1 aliphatic rings. The summed E-state index contributed by atoms with van der Waals surface area (Å²) in [5.74, 6) is 1.36. The van der Waals surface area contributed by atoms with Crippen LogP contribution in [0.15, 0.2) is 29.3 Å². The van der Waals surface area contributed by atoms with Gasteiger partial charge in [-0.15, -0.1) is 0 Å². The molecule has 0 saturated heterocycles. The summed E-state index contributed by atoms with van der Waals surface area (Å²) in [7, 11) is 0. The molecule has 1 aromatic carbocycles. The van der Waals surface area contributed by atoms with Gasteiger partial charge in [-0.05, 0) is 24.5 Å². The number of aliphatic imine (C=N–C) groups is 1. The molecule has 0 unspecified atom stereocenters. The van der Waals surface area contributed by atoms with Crippen LogP contribution in [-0.2, 0) is 4.74 Å². The maximum absolute atomic E-state index is 5.64. The van der Waals surface area contributed by atoms with Crippen LogP contribution in [0, 0.1) is 12.8 Å². The second-order valence-electron chi connectivity index (χ2n) is 4.37. The van der Waals surface area contributed by atoms with E-state index in [1.165, 1.54) is 5.56 Å². The minimum absolute atomic E-state index is 0.319. The Morgan fingerprint density at radius 3 is 2.67 bits per heavy atom. The number of nitrogens with zero attached hydrogens (tertiary/aromatic N) is 1. The third-order valence-electron chi connectivity index (χ3n) is 2.82. The monoisotopic (exact) mass is 203 g/mol. The molecular weight excluding hydrogens is 186 g/mol. The van der Waals surface area contributed by atoms with Crippen LogP contribution in [0.2, 0.25) is 0 Å². The lowest BCUT2D eigenvalue weighted by atomic mass is 10.1. The van der Waals surface area contributed by atoms with E-state index in [4.69, 9.17) is 4.74 Å². The van der Waals surface area contributed by atoms with Crippen LogP contribution >= 0.6 is 0 Å². The van der Waals surface area contributed by atoms with Gasteiger partial charge < -0.3 is 4.74 Å². The first-order chi connectivity index (χ1) is 7.18. The van der Waals surface area contributed by atoms with Crippen LogP contribution in [0.3, 0.4) is 0 Å². The normalized spacial score (nSPS) is 20.3. The van der Waals surface area contributed by atoms with Crippen LogP contribution in [-0.4, -0.2) is 18.5 Å². The molecule has 0 bridgehead atoms. The number of hydrogen-bond acceptors (Lipinski definition) is 2. The zero-order valence-corrected chi connectivity index (χ0v) is 9.53. The van der Waals surface area contributed by atoms with Gasteiger partial charge in [0.2, 0.25) is 5.90 Å². The van der Waals surface area contributed by atoms with Crippen molar-refractivity contribution in [1.29, 1.82) is 0 Å². The maximum Gasteiger partial charge on any atom is 0.216 e. The Labute approximate surface area is 91.0 Å². The largest absolute Gasteiger partial charge is 0.475 e. The lowest BCUT2D eigenvalue weighted by Gasteiger charge is -2.06. The Morgan fingerprint density at radius 2 is 2.07 bits per heavy atom. The van der Waals surface area contributed by atoms with Crippen molar-refractivity contribution in [2.24, 2.45) is 10.9 Å². The van der Waals surface area contributed by atoms with Gasteiger partial charge in [0, 0.05) is 5.56 Å². The summed E-state index contributed by atoms with van der Waals surface area (Å²) in [4.78, 5) is 4.61. The molecule has 2 rings (SSSR count). The zero-order chi connectivity index (χ0) is 10.8. The average molecular weight is 203 g/mol. The highest BCUT2D eigenvalue weighted by Gasteiger charge is 2.23. The van der Waals surface area contributed by atoms with Crippen molar-refractivity contribution < 1.29 is 4.74 Å². The van der Waals surface area contributed by atoms with Gasteiger partial charge in [0.15, 0.2) is 0 Å². The van der Waals surface area contributed by atoms with Crippen LogP contribution in [0.4, 0.5) is 0 Å². The van der Waals surface area contributed by atoms with Gasteiger partial charge in [-0.3, -0.25) is 0 Å². The van der Waals surface area contributed by atoms with E-state index in [9.17, 15) is 0 Å². The molecule has 0 fully saturated rings. The number of rotatable bonds is 2. The van der Waals surface area contributed by atoms with Gasteiger partial charge >= 0.3 is 0 Å². The second-order valence-corrected chi connectivity index (χ2v) is 4.37. The Balaban J connectivity index is 2.27. The first-order valence-corrected chi connectivity index (χ1v) is 5.45. The first-order valence-electron chi connectivity index (χ1n) is 5.45. The highest BCUT2D eigenvalue weighted by atomic mass is 16.5. The molecule has 80 valence electrons. The third-order valence-corrected chi connectivity index (χ3v) is 2.82. The van der Waals surface area contributed by atoms with E-state index in [0.29, 0.717) is 12.0 Å². The predicted molar refractivity (Wildman–Crippen MR) is 62.3 cm³/mol. The standard InChI is InChI=1S/C13H17NO/c1-9(2)12-8-15-13(14-12)11-7-5-4-6-10(11)3/h4-7,9,12H,8H2,1-3H3/t12-/m1/s1. The van der Waals surface area contributed by atoms with E-state index in [1.807, 2.05) is 12.1 Å². The van der Waals surface area contributed by atoms with E-state index in [-0.39, 0.29) is 0 Å². The molecule has 1 aromatic rings. The number of hydrogen-bond donors (Lipinski definition) is 0. The molecule has 15 heavy (non-hydrogen) atoms. The zero-order valence-electron chi connectivity index (χ0n) is 9.53. The minimum atomic E-state index is 0.319. The highest BCUT2D eigenvalue weighted by Crippen LogP contribution is 2.19. The maximum atomic E-state index is 5.64. The molecule has 1 aliphatic heterocycles. The van der Waals surface area contributed by atoms with E-state index >= 15 is 0 Å². The van der Waals surface area contributed by atoms with E-state index in [1.54, 1.807) is 0 Å². The Bertz CT molecular complexity index is 382. The Morgan fingerprint density at radius 1 is 1.33 bits per heavy atom. The molecule has 0 amide bonds. The average Bonchev–Trinajstić information content (AvgIpc) is 2.67. The van der Waals surface area contributed by atoms with Gasteiger partial charge in [0.25, 0.3) is 0 Å². The van der Waals surface area contributed by atoms with E-state index in [0.717, 1.165) is 18.1 Å². The molecule has 0 radical (unpaired) electrons. The van der Waals surface area contributed by atoms with Gasteiger partial charge in [0.1, 0.15) is 6.61 Å². The summed E-state index contributed by atoms with van der Waals surface area (Å²) < 4.78 is 5.64. The fourth-order valence-corrected chi connectivity index (χ4v) is 1.69. The molecule has 0 spiro atoms. The fourth-order valence-electron chi connectivity index (χ4n) is 1.69. The summed E-state index contributed by atoms with van der Waals surface area (Å²) in [6.45, 7) is 7.17. The summed E-state index contributed by atoms with van der Waals surface area (Å²) >= 11 is 0. The molecular formula is C13H17NO. The topological polar surface area (TPSA) is 21.6 Å². The Hall–Kier alpha value is -1.31. The lowest BCUT2D eigenvalue weighted by Crippen LogP contribution is -2.13. The summed E-state index contributed by atoms with van der Waals surface area (Å²) in [5.41, 5.74) is 2.35. The molecule has 1 atom stereocenters. The molecule has 0 aromatic heterocycles. The first kappa shape index (κ1) is 10.2. The lowest BCUT2D eigenvalue weighted by molar-refractivity contribution is 0.292. The van der Waals surface area contributed by atoms with Crippen molar-refractivity contribution in [1.82, 2.24) is 0 Å². The van der Waals surface area contributed by atoms with Crippen molar-refractivity contribution in [3.05, 3.63) is 35.4 Å². The number of ether oxygens (including phenoxy) is 1. The van der Waals surface area contributed by atoms with E-state index < -0.39 is 0 Å². The molecule has 0 aliphatic carbocycles. The van der Waals surface area contributed by atoms with Crippen LogP contribution in [0.1, 0.15) is 25.0 Å². The summed E-state index contributed by atoms with van der Waals surface area (Å²) in [5, 5.41) is 0. The predicted octanol–water partition coefficient (Wildman–Crippen LogP) is 2.80. The van der Waals surface area contributed by atoms with E-state index in [2.05, 4.69) is 37.9 Å². The fraction of sp³-hybridized carbons (Fsp3) is 0.462. The highest BCUT2D eigenvalue weighted by molar-refractivity contribution is 5.96. The smallest absolute Gasteiger partial charge is 0.216 e. The number of benzene rings is 1. The quantitative estimate of drug-likeness (QED) is 0.724. The van der Waals surface area contributed by atoms with Crippen LogP contribution in [0.25, 0.3) is 0 Å². The van der Waals surface area contributed by atoms with Crippen LogP contribution in [0.5, 0.6) is 0 Å². The summed E-state index contributed by atoms with van der Waals surface area (Å²) in [6, 6.07) is 8.53.